The van der Waals surface area contributed by atoms with Gasteiger partial charge >= 0.3 is 11.9 Å². The molecule has 0 bridgehead atoms. The SMILES string of the molecule is CCc1ccc(C(=O)NC(CCC(=O)O)C(=O)O)o1. The Morgan fingerprint density at radius 2 is 2.00 bits per heavy atom. The monoisotopic (exact) mass is 269 g/mol. The number of rotatable bonds is 7. The average molecular weight is 269 g/mol. The molecule has 7 heteroatoms. The van der Waals surface area contributed by atoms with E-state index in [4.69, 9.17) is 14.6 Å². The summed E-state index contributed by atoms with van der Waals surface area (Å²) in [5, 5.41) is 19.6. The average Bonchev–Trinajstić information content (AvgIpc) is 2.82. The molecule has 0 aromatic carbocycles. The highest BCUT2D eigenvalue weighted by molar-refractivity contribution is 5.94. The maximum Gasteiger partial charge on any atom is 0.326 e. The second-order valence-corrected chi connectivity index (χ2v) is 3.92. The molecule has 0 spiro atoms. The highest BCUT2D eigenvalue weighted by Crippen LogP contribution is 2.09. The molecule has 1 amide bonds. The molecule has 0 saturated carbocycles. The van der Waals surface area contributed by atoms with Gasteiger partial charge in [-0.05, 0) is 18.6 Å². The first-order valence-electron chi connectivity index (χ1n) is 5.78. The third-order valence-corrected chi connectivity index (χ3v) is 2.48. The van der Waals surface area contributed by atoms with Gasteiger partial charge in [0.2, 0.25) is 0 Å². The predicted molar refractivity (Wildman–Crippen MR) is 63.8 cm³/mol. The first-order valence-corrected chi connectivity index (χ1v) is 5.78. The van der Waals surface area contributed by atoms with Crippen molar-refractivity contribution in [3.05, 3.63) is 23.7 Å². The minimum Gasteiger partial charge on any atom is -0.481 e. The van der Waals surface area contributed by atoms with Crippen LogP contribution in [0.3, 0.4) is 0 Å². The van der Waals surface area contributed by atoms with E-state index in [2.05, 4.69) is 5.32 Å². The fourth-order valence-electron chi connectivity index (χ4n) is 1.44. The third-order valence-electron chi connectivity index (χ3n) is 2.48. The van der Waals surface area contributed by atoms with Crippen LogP contribution in [0.1, 0.15) is 36.1 Å². The Kier molecular flexibility index (Phi) is 5.11. The van der Waals surface area contributed by atoms with Crippen LogP contribution in [0.2, 0.25) is 0 Å². The zero-order chi connectivity index (χ0) is 14.4. The van der Waals surface area contributed by atoms with Gasteiger partial charge < -0.3 is 19.9 Å². The van der Waals surface area contributed by atoms with E-state index >= 15 is 0 Å². The minimum atomic E-state index is -1.28. The summed E-state index contributed by atoms with van der Waals surface area (Å²) >= 11 is 0. The molecule has 1 unspecified atom stereocenters. The number of hydrogen-bond acceptors (Lipinski definition) is 4. The molecule has 1 rings (SSSR count). The molecule has 0 aliphatic carbocycles. The first kappa shape index (κ1) is 14.7. The Morgan fingerprint density at radius 1 is 1.32 bits per heavy atom. The van der Waals surface area contributed by atoms with Gasteiger partial charge in [-0.2, -0.15) is 0 Å². The van der Waals surface area contributed by atoms with Gasteiger partial charge in [0.15, 0.2) is 5.76 Å². The molecule has 0 fully saturated rings. The standard InChI is InChI=1S/C12H15NO6/c1-2-7-3-5-9(19-7)11(16)13-8(12(17)18)4-6-10(14)15/h3,5,8H,2,4,6H2,1H3,(H,13,16)(H,14,15)(H,17,18). The number of aryl methyl sites for hydroxylation is 1. The summed E-state index contributed by atoms with van der Waals surface area (Å²) < 4.78 is 5.18. The van der Waals surface area contributed by atoms with Crippen molar-refractivity contribution in [1.29, 1.82) is 0 Å². The first-order chi connectivity index (χ1) is 8.93. The van der Waals surface area contributed by atoms with Gasteiger partial charge in [0, 0.05) is 12.8 Å². The number of carbonyl (C=O) groups is 3. The minimum absolute atomic E-state index is 0.0124. The van der Waals surface area contributed by atoms with E-state index in [0.29, 0.717) is 12.2 Å². The molecule has 7 nitrogen and oxygen atoms in total. The van der Waals surface area contributed by atoms with Crippen molar-refractivity contribution < 1.29 is 29.0 Å². The van der Waals surface area contributed by atoms with Gasteiger partial charge in [0.1, 0.15) is 11.8 Å². The number of furan rings is 1. The molecule has 0 radical (unpaired) electrons. The van der Waals surface area contributed by atoms with E-state index < -0.39 is 23.9 Å². The Labute approximate surface area is 109 Å². The van der Waals surface area contributed by atoms with Crippen LogP contribution in [0.5, 0.6) is 0 Å². The van der Waals surface area contributed by atoms with E-state index in [-0.39, 0.29) is 18.6 Å². The van der Waals surface area contributed by atoms with Gasteiger partial charge in [0.05, 0.1) is 0 Å². The fourth-order valence-corrected chi connectivity index (χ4v) is 1.44. The topological polar surface area (TPSA) is 117 Å². The maximum atomic E-state index is 11.7. The van der Waals surface area contributed by atoms with Gasteiger partial charge in [-0.25, -0.2) is 4.79 Å². The quantitative estimate of drug-likeness (QED) is 0.676. The molecule has 0 aliphatic heterocycles. The van der Waals surface area contributed by atoms with Gasteiger partial charge in [-0.1, -0.05) is 6.92 Å². The lowest BCUT2D eigenvalue weighted by Gasteiger charge is -2.12. The molecular weight excluding hydrogens is 254 g/mol. The summed E-state index contributed by atoms with van der Waals surface area (Å²) in [4.78, 5) is 33.0. The van der Waals surface area contributed by atoms with Gasteiger partial charge in [-0.3, -0.25) is 9.59 Å². The number of nitrogens with one attached hydrogen (secondary N) is 1. The number of carboxylic acid groups (broad SMARTS) is 2. The summed E-state index contributed by atoms with van der Waals surface area (Å²) in [6.07, 6.45) is 0.0992. The zero-order valence-corrected chi connectivity index (χ0v) is 10.4. The van der Waals surface area contributed by atoms with Gasteiger partial charge in [0.25, 0.3) is 5.91 Å². The molecule has 3 N–H and O–H groups in total. The van der Waals surface area contributed by atoms with Gasteiger partial charge in [-0.15, -0.1) is 0 Å². The van der Waals surface area contributed by atoms with Crippen molar-refractivity contribution in [2.75, 3.05) is 0 Å². The van der Waals surface area contributed by atoms with E-state index in [1.165, 1.54) is 6.07 Å². The van der Waals surface area contributed by atoms with Crippen LogP contribution in [-0.4, -0.2) is 34.1 Å². The summed E-state index contributed by atoms with van der Waals surface area (Å²) in [6.45, 7) is 1.85. The van der Waals surface area contributed by atoms with Crippen LogP contribution in [-0.2, 0) is 16.0 Å². The molecule has 1 heterocycles. The molecule has 104 valence electrons. The second-order valence-electron chi connectivity index (χ2n) is 3.92. The van der Waals surface area contributed by atoms with Crippen molar-refractivity contribution in [2.24, 2.45) is 0 Å². The molecule has 1 atom stereocenters. The number of carboxylic acids is 2. The largest absolute Gasteiger partial charge is 0.481 e. The second kappa shape index (κ2) is 6.58. The molecular formula is C12H15NO6. The maximum absolute atomic E-state index is 11.7. The van der Waals surface area contributed by atoms with Crippen LogP contribution in [0.4, 0.5) is 0 Å². The highest BCUT2D eigenvalue weighted by atomic mass is 16.4. The van der Waals surface area contributed by atoms with Crippen LogP contribution in [0.15, 0.2) is 16.5 Å². The normalized spacial score (nSPS) is 11.8. The number of amides is 1. The highest BCUT2D eigenvalue weighted by Gasteiger charge is 2.22. The summed E-state index contributed by atoms with van der Waals surface area (Å²) in [5.41, 5.74) is 0. The van der Waals surface area contributed by atoms with E-state index in [1.54, 1.807) is 6.07 Å². The lowest BCUT2D eigenvalue weighted by atomic mass is 10.1. The van der Waals surface area contributed by atoms with Crippen molar-refractivity contribution in [1.82, 2.24) is 5.32 Å². The van der Waals surface area contributed by atoms with Crippen LogP contribution < -0.4 is 5.32 Å². The Bertz CT molecular complexity index is 478. The number of aliphatic carboxylic acids is 2. The Hall–Kier alpha value is -2.31. The lowest BCUT2D eigenvalue weighted by Crippen LogP contribution is -2.41. The van der Waals surface area contributed by atoms with E-state index in [9.17, 15) is 14.4 Å². The van der Waals surface area contributed by atoms with Crippen molar-refractivity contribution in [2.45, 2.75) is 32.2 Å². The van der Waals surface area contributed by atoms with Crippen LogP contribution >= 0.6 is 0 Å². The Balaban J connectivity index is 2.65. The zero-order valence-electron chi connectivity index (χ0n) is 10.4. The third kappa shape index (κ3) is 4.46. The van der Waals surface area contributed by atoms with Crippen LogP contribution in [0.25, 0.3) is 0 Å². The number of carbonyl (C=O) groups excluding carboxylic acids is 1. The van der Waals surface area contributed by atoms with Crippen LogP contribution in [0, 0.1) is 0 Å². The Morgan fingerprint density at radius 3 is 2.47 bits per heavy atom. The van der Waals surface area contributed by atoms with E-state index in [1.807, 2.05) is 6.92 Å². The molecule has 0 aliphatic rings. The molecule has 19 heavy (non-hydrogen) atoms. The molecule has 0 saturated heterocycles. The summed E-state index contributed by atoms with van der Waals surface area (Å²) in [6, 6.07) is 1.82. The van der Waals surface area contributed by atoms with Crippen molar-refractivity contribution in [3.63, 3.8) is 0 Å². The van der Waals surface area contributed by atoms with Crippen molar-refractivity contribution >= 4 is 17.8 Å². The fraction of sp³-hybridized carbons (Fsp3) is 0.417. The van der Waals surface area contributed by atoms with Crippen molar-refractivity contribution in [3.8, 4) is 0 Å². The number of hydrogen-bond donors (Lipinski definition) is 3. The van der Waals surface area contributed by atoms with E-state index in [0.717, 1.165) is 0 Å². The summed E-state index contributed by atoms with van der Waals surface area (Å²) in [7, 11) is 0. The molecule has 1 aromatic rings. The molecule has 1 aromatic heterocycles. The summed E-state index contributed by atoms with van der Waals surface area (Å²) in [5.74, 6) is -2.44. The predicted octanol–water partition coefficient (Wildman–Crippen LogP) is 0.890. The smallest absolute Gasteiger partial charge is 0.326 e. The lowest BCUT2D eigenvalue weighted by molar-refractivity contribution is -0.140.